The van der Waals surface area contributed by atoms with Gasteiger partial charge in [0.1, 0.15) is 0 Å². The fourth-order valence-electron chi connectivity index (χ4n) is 9.53. The molecule has 48 heavy (non-hydrogen) atoms. The molecule has 0 radical (unpaired) electrons. The maximum atomic E-state index is 2.51. The van der Waals surface area contributed by atoms with Crippen LogP contribution in [0.4, 0.5) is 17.1 Å². The average molecular weight is 622 g/mol. The zero-order valence-electron chi connectivity index (χ0n) is 28.3. The summed E-state index contributed by atoms with van der Waals surface area (Å²) in [7, 11) is 0. The van der Waals surface area contributed by atoms with Crippen molar-refractivity contribution >= 4 is 17.1 Å². The Kier molecular flexibility index (Phi) is 6.94. The highest BCUT2D eigenvalue weighted by molar-refractivity contribution is 5.95. The second-order valence-corrected chi connectivity index (χ2v) is 15.0. The van der Waals surface area contributed by atoms with Crippen LogP contribution in [0, 0.1) is 18.8 Å². The number of rotatable bonds is 6. The minimum absolute atomic E-state index is 0.0799. The van der Waals surface area contributed by atoms with E-state index >= 15 is 0 Å². The molecule has 9 rings (SSSR count). The fraction of sp³-hybridized carbons (Fsp3) is 0.234. The molecule has 6 aromatic rings. The van der Waals surface area contributed by atoms with E-state index in [9.17, 15) is 0 Å². The molecule has 0 heterocycles. The van der Waals surface area contributed by atoms with Gasteiger partial charge in [-0.3, -0.25) is 0 Å². The van der Waals surface area contributed by atoms with E-state index in [4.69, 9.17) is 0 Å². The molecule has 1 heteroatoms. The van der Waals surface area contributed by atoms with Gasteiger partial charge in [0.15, 0.2) is 0 Å². The van der Waals surface area contributed by atoms with E-state index < -0.39 is 0 Å². The Morgan fingerprint density at radius 1 is 0.562 bits per heavy atom. The number of hydrogen-bond donors (Lipinski definition) is 0. The Hall–Kier alpha value is -4.88. The number of nitrogens with zero attached hydrogens (tertiary/aromatic N) is 1. The minimum atomic E-state index is -0.0799. The quantitative estimate of drug-likeness (QED) is 0.179. The minimum Gasteiger partial charge on any atom is -0.310 e. The van der Waals surface area contributed by atoms with Crippen molar-refractivity contribution in [2.75, 3.05) is 4.90 Å². The molecule has 1 nitrogen and oxygen atoms in total. The van der Waals surface area contributed by atoms with E-state index in [0.29, 0.717) is 0 Å². The molecule has 0 spiro atoms. The summed E-state index contributed by atoms with van der Waals surface area (Å²) in [6.07, 6.45) is 5.64. The Labute approximate surface area is 285 Å². The summed E-state index contributed by atoms with van der Waals surface area (Å²) in [5.74, 6) is 2.53. The molecule has 2 bridgehead atoms. The smallest absolute Gasteiger partial charge is 0.0540 e. The zero-order valence-corrected chi connectivity index (χ0v) is 28.3. The van der Waals surface area contributed by atoms with Crippen molar-refractivity contribution in [3.63, 3.8) is 0 Å². The van der Waals surface area contributed by atoms with Crippen molar-refractivity contribution in [1.82, 2.24) is 0 Å². The molecule has 0 saturated heterocycles. The van der Waals surface area contributed by atoms with Crippen LogP contribution in [0.1, 0.15) is 67.7 Å². The summed E-state index contributed by atoms with van der Waals surface area (Å²) in [5, 5.41) is 0. The highest BCUT2D eigenvalue weighted by Crippen LogP contribution is 2.54. The number of aryl methyl sites for hydroxylation is 1. The van der Waals surface area contributed by atoms with E-state index in [2.05, 4.69) is 165 Å². The van der Waals surface area contributed by atoms with Crippen LogP contribution in [0.15, 0.2) is 140 Å². The predicted octanol–water partition coefficient (Wildman–Crippen LogP) is 13.0. The number of para-hydroxylation sites is 1. The molecule has 3 aliphatic carbocycles. The van der Waals surface area contributed by atoms with Crippen LogP contribution in [0.2, 0.25) is 0 Å². The van der Waals surface area contributed by atoms with Crippen molar-refractivity contribution in [2.45, 2.75) is 57.8 Å². The summed E-state index contributed by atoms with van der Waals surface area (Å²) in [6.45, 7) is 7.03. The van der Waals surface area contributed by atoms with Gasteiger partial charge in [0.25, 0.3) is 0 Å². The van der Waals surface area contributed by atoms with E-state index in [1.165, 1.54) is 98.4 Å². The molecule has 2 saturated carbocycles. The molecular weight excluding hydrogens is 579 g/mol. The molecule has 0 aromatic heterocycles. The van der Waals surface area contributed by atoms with Crippen molar-refractivity contribution in [3.05, 3.63) is 162 Å². The first kappa shape index (κ1) is 29.3. The molecule has 3 unspecified atom stereocenters. The van der Waals surface area contributed by atoms with Gasteiger partial charge >= 0.3 is 0 Å². The van der Waals surface area contributed by atoms with Gasteiger partial charge in [0.2, 0.25) is 0 Å². The Balaban J connectivity index is 1.22. The van der Waals surface area contributed by atoms with Gasteiger partial charge < -0.3 is 4.90 Å². The Morgan fingerprint density at radius 3 is 2.02 bits per heavy atom. The molecule has 3 atom stereocenters. The third-order valence-corrected chi connectivity index (χ3v) is 11.9. The molecule has 2 fully saturated rings. The van der Waals surface area contributed by atoms with Gasteiger partial charge in [-0.05, 0) is 124 Å². The highest BCUT2D eigenvalue weighted by atomic mass is 15.1. The lowest BCUT2D eigenvalue weighted by Gasteiger charge is -2.30. The van der Waals surface area contributed by atoms with Gasteiger partial charge in [0, 0.05) is 22.4 Å². The normalized spacial score (nSPS) is 20.0. The van der Waals surface area contributed by atoms with Gasteiger partial charge in [-0.25, -0.2) is 0 Å². The van der Waals surface area contributed by atoms with Crippen LogP contribution < -0.4 is 4.90 Å². The molecule has 6 aromatic carbocycles. The Morgan fingerprint density at radius 2 is 1.27 bits per heavy atom. The third kappa shape index (κ3) is 4.66. The molecular formula is C47H43N. The number of anilines is 3. The predicted molar refractivity (Wildman–Crippen MR) is 202 cm³/mol. The monoisotopic (exact) mass is 621 g/mol. The largest absolute Gasteiger partial charge is 0.310 e. The summed E-state index contributed by atoms with van der Waals surface area (Å²) >= 11 is 0. The van der Waals surface area contributed by atoms with E-state index in [0.717, 1.165) is 17.8 Å². The molecule has 3 aliphatic rings. The molecule has 0 amide bonds. The van der Waals surface area contributed by atoms with Crippen LogP contribution in [0.3, 0.4) is 0 Å². The second-order valence-electron chi connectivity index (χ2n) is 15.0. The molecule has 0 aliphatic heterocycles. The molecule has 0 N–H and O–H groups in total. The van der Waals surface area contributed by atoms with Crippen molar-refractivity contribution in [3.8, 4) is 33.4 Å². The maximum absolute atomic E-state index is 2.51. The Bertz CT molecular complexity index is 2140. The highest BCUT2D eigenvalue weighted by Gasteiger charge is 2.40. The van der Waals surface area contributed by atoms with E-state index in [1.54, 1.807) is 0 Å². The third-order valence-electron chi connectivity index (χ3n) is 11.9. The lowest BCUT2D eigenvalue weighted by Crippen LogP contribution is -2.17. The average Bonchev–Trinajstić information content (AvgIpc) is 3.83. The van der Waals surface area contributed by atoms with Gasteiger partial charge in [-0.2, -0.15) is 0 Å². The SMILES string of the molecule is Cc1cccc2c1-c1ccc(N(c3ccc(C4CC5CCC4C5)cc3)c3ccccc3-c3ccccc3-c3ccccc3)cc1C2(C)C. The van der Waals surface area contributed by atoms with Crippen LogP contribution in [0.5, 0.6) is 0 Å². The van der Waals surface area contributed by atoms with Gasteiger partial charge in [-0.15, -0.1) is 0 Å². The van der Waals surface area contributed by atoms with Crippen LogP contribution >= 0.6 is 0 Å². The standard InChI is InChI=1S/C47H43N/c1-31-12-11-18-43-46(31)41-27-26-37(30-44(41)47(43,2)3)48(36-24-22-34(23-25-36)42-29-32-20-21-35(42)28-32)45-19-10-9-17-40(45)39-16-8-7-15-38(39)33-13-5-4-6-14-33/h4-19,22-27,30,32,35,42H,20-21,28-29H2,1-3H3. The van der Waals surface area contributed by atoms with Crippen LogP contribution in [-0.4, -0.2) is 0 Å². The van der Waals surface area contributed by atoms with Crippen LogP contribution in [-0.2, 0) is 5.41 Å². The number of hydrogen-bond acceptors (Lipinski definition) is 1. The topological polar surface area (TPSA) is 3.24 Å². The number of fused-ring (bicyclic) bond motifs is 5. The van der Waals surface area contributed by atoms with Crippen LogP contribution in [0.25, 0.3) is 33.4 Å². The van der Waals surface area contributed by atoms with Gasteiger partial charge in [0.05, 0.1) is 5.69 Å². The van der Waals surface area contributed by atoms with E-state index in [1.807, 2.05) is 0 Å². The van der Waals surface area contributed by atoms with Crippen molar-refractivity contribution in [2.24, 2.45) is 11.8 Å². The summed E-state index contributed by atoms with van der Waals surface area (Å²) < 4.78 is 0. The second kappa shape index (κ2) is 11.4. The first-order chi connectivity index (χ1) is 23.5. The summed E-state index contributed by atoms with van der Waals surface area (Å²) in [4.78, 5) is 2.51. The maximum Gasteiger partial charge on any atom is 0.0540 e. The van der Waals surface area contributed by atoms with Gasteiger partial charge in [-0.1, -0.05) is 129 Å². The van der Waals surface area contributed by atoms with Crippen molar-refractivity contribution < 1.29 is 0 Å². The summed E-state index contributed by atoms with van der Waals surface area (Å²) in [5.41, 5.74) is 16.9. The van der Waals surface area contributed by atoms with Crippen molar-refractivity contribution in [1.29, 1.82) is 0 Å². The number of benzene rings is 6. The lowest BCUT2D eigenvalue weighted by molar-refractivity contribution is 0.420. The van der Waals surface area contributed by atoms with E-state index in [-0.39, 0.29) is 5.41 Å². The molecule has 236 valence electrons. The first-order valence-electron chi connectivity index (χ1n) is 17.9. The first-order valence-corrected chi connectivity index (χ1v) is 17.9. The zero-order chi connectivity index (χ0) is 32.4. The lowest BCUT2D eigenvalue weighted by atomic mass is 9.82. The summed E-state index contributed by atoms with van der Waals surface area (Å²) in [6, 6.07) is 52.3. The fourth-order valence-corrected chi connectivity index (χ4v) is 9.53.